The summed E-state index contributed by atoms with van der Waals surface area (Å²) < 4.78 is 27.7. The number of esters is 1. The summed E-state index contributed by atoms with van der Waals surface area (Å²) in [4.78, 5) is 48.5. The number of imidazole rings is 1. The molecule has 1 saturated heterocycles. The molecule has 1 amide bonds. The maximum Gasteiger partial charge on any atom is 0.306 e. The quantitative estimate of drug-likeness (QED) is 0.217. The van der Waals surface area contributed by atoms with Crippen LogP contribution in [0.3, 0.4) is 0 Å². The standard InChI is InChI=1S/C24H35N5O7S2/c1-13(2)22(33)28-20-17-21(26-11-25-20)29(12-27-17)23-19(34-9-10-37-38-24(4,5)6)18(14(3)35-23)36-16(32)8-7-15(30)31/h11-14,18-19,23H,7-10H2,1-6H3,(H,30,31)(H,25,26,28,33)/i3D. The van der Waals surface area contributed by atoms with Crippen LogP contribution >= 0.6 is 21.6 Å². The minimum Gasteiger partial charge on any atom is -0.481 e. The number of carboxylic acids is 1. The molecule has 38 heavy (non-hydrogen) atoms. The van der Waals surface area contributed by atoms with Crippen LogP contribution in [0.4, 0.5) is 5.82 Å². The van der Waals surface area contributed by atoms with Crippen molar-refractivity contribution in [3.63, 3.8) is 0 Å². The molecule has 0 radical (unpaired) electrons. The number of carbonyl (C=O) groups is 3. The third-order valence-corrected chi connectivity index (χ3v) is 8.59. The van der Waals surface area contributed by atoms with Crippen molar-refractivity contribution < 1.29 is 35.1 Å². The first-order chi connectivity index (χ1) is 18.4. The van der Waals surface area contributed by atoms with Gasteiger partial charge >= 0.3 is 11.9 Å². The Hall–Kier alpha value is -2.42. The molecular weight excluding hydrogens is 534 g/mol. The van der Waals surface area contributed by atoms with E-state index in [0.29, 0.717) is 23.5 Å². The summed E-state index contributed by atoms with van der Waals surface area (Å²) in [7, 11) is 3.37. The summed E-state index contributed by atoms with van der Waals surface area (Å²) in [5.41, 5.74) is 0.706. The molecule has 0 spiro atoms. The number of rotatable bonds is 12. The molecule has 0 bridgehead atoms. The number of nitrogens with zero attached hydrogens (tertiary/aromatic N) is 4. The molecule has 1 aliphatic heterocycles. The summed E-state index contributed by atoms with van der Waals surface area (Å²) in [6.07, 6.45) is -1.37. The summed E-state index contributed by atoms with van der Waals surface area (Å²) in [5, 5.41) is 11.7. The van der Waals surface area contributed by atoms with Crippen LogP contribution in [0.1, 0.15) is 62.0 Å². The fourth-order valence-corrected chi connectivity index (χ4v) is 5.61. The van der Waals surface area contributed by atoms with E-state index in [4.69, 9.17) is 20.7 Å². The Labute approximate surface area is 230 Å². The molecule has 14 heteroatoms. The summed E-state index contributed by atoms with van der Waals surface area (Å²) in [6.45, 7) is 9.95. The number of hydrogen-bond acceptors (Lipinski definition) is 11. The van der Waals surface area contributed by atoms with Crippen molar-refractivity contribution in [3.05, 3.63) is 12.7 Å². The average Bonchev–Trinajstić information content (AvgIpc) is 3.43. The molecule has 4 atom stereocenters. The van der Waals surface area contributed by atoms with Crippen LogP contribution in [0.2, 0.25) is 0 Å². The van der Waals surface area contributed by atoms with E-state index in [2.05, 4.69) is 41.0 Å². The number of anilines is 1. The van der Waals surface area contributed by atoms with E-state index in [1.54, 1.807) is 40.0 Å². The van der Waals surface area contributed by atoms with Crippen LogP contribution < -0.4 is 5.32 Å². The average molecular weight is 571 g/mol. The lowest BCUT2D eigenvalue weighted by atomic mass is 10.1. The molecule has 3 heterocycles. The molecular formula is C24H35N5O7S2. The Morgan fingerprint density at radius 3 is 2.66 bits per heavy atom. The summed E-state index contributed by atoms with van der Waals surface area (Å²) in [6, 6.07) is 0. The number of amides is 1. The van der Waals surface area contributed by atoms with Gasteiger partial charge in [0, 0.05) is 17.8 Å². The molecule has 0 saturated carbocycles. The third-order valence-electron chi connectivity index (χ3n) is 5.28. The van der Waals surface area contributed by atoms with Crippen LogP contribution in [0.15, 0.2) is 12.7 Å². The minimum absolute atomic E-state index is 0.0698. The zero-order chi connectivity index (χ0) is 28.7. The highest BCUT2D eigenvalue weighted by Gasteiger charge is 2.47. The van der Waals surface area contributed by atoms with Crippen LogP contribution in [0, 0.1) is 5.92 Å². The Kier molecular flexibility index (Phi) is 9.85. The van der Waals surface area contributed by atoms with Gasteiger partial charge in [0.1, 0.15) is 12.4 Å². The lowest BCUT2D eigenvalue weighted by molar-refractivity contribution is -0.159. The van der Waals surface area contributed by atoms with Gasteiger partial charge in [-0.15, -0.1) is 0 Å². The predicted octanol–water partition coefficient (Wildman–Crippen LogP) is 3.68. The monoisotopic (exact) mass is 570 g/mol. The van der Waals surface area contributed by atoms with Crippen molar-refractivity contribution >= 4 is 56.4 Å². The second-order valence-electron chi connectivity index (χ2n) is 9.96. The normalized spacial score (nSPS) is 22.0. The third kappa shape index (κ3) is 8.04. The van der Waals surface area contributed by atoms with E-state index in [9.17, 15) is 14.4 Å². The van der Waals surface area contributed by atoms with Gasteiger partial charge in [-0.25, -0.2) is 15.0 Å². The zero-order valence-electron chi connectivity index (χ0n) is 23.1. The first kappa shape index (κ1) is 28.6. The van der Waals surface area contributed by atoms with Gasteiger partial charge in [-0.2, -0.15) is 0 Å². The fraction of sp³-hybridized carbons (Fsp3) is 0.667. The maximum absolute atomic E-state index is 12.5. The van der Waals surface area contributed by atoms with Gasteiger partial charge in [0.25, 0.3) is 0 Å². The maximum atomic E-state index is 12.5. The van der Waals surface area contributed by atoms with Crippen molar-refractivity contribution in [1.29, 1.82) is 0 Å². The van der Waals surface area contributed by atoms with Crippen molar-refractivity contribution in [2.24, 2.45) is 5.92 Å². The van der Waals surface area contributed by atoms with Crippen molar-refractivity contribution in [2.75, 3.05) is 17.7 Å². The van der Waals surface area contributed by atoms with Crippen LogP contribution in [-0.2, 0) is 28.6 Å². The Morgan fingerprint density at radius 2 is 2.00 bits per heavy atom. The van der Waals surface area contributed by atoms with Gasteiger partial charge in [0.05, 0.1) is 31.9 Å². The SMILES string of the molecule is [2H]CC1OC(n2cnc3c(NC(=O)C(C)C)ncnc32)C(OCCSSC(C)(C)C)C1OC(=O)CCC(=O)O. The number of ether oxygens (including phenoxy) is 3. The predicted molar refractivity (Wildman–Crippen MR) is 145 cm³/mol. The van der Waals surface area contributed by atoms with Crippen molar-refractivity contribution in [3.8, 4) is 0 Å². The van der Waals surface area contributed by atoms with Gasteiger partial charge in [-0.05, 0) is 6.90 Å². The van der Waals surface area contributed by atoms with Crippen molar-refractivity contribution in [1.82, 2.24) is 19.5 Å². The molecule has 3 rings (SSSR count). The molecule has 1 fully saturated rings. The molecule has 4 unspecified atom stereocenters. The highest BCUT2D eigenvalue weighted by Crippen LogP contribution is 2.38. The highest BCUT2D eigenvalue weighted by molar-refractivity contribution is 8.77. The lowest BCUT2D eigenvalue weighted by Gasteiger charge is -2.25. The number of fused-ring (bicyclic) bond motifs is 1. The van der Waals surface area contributed by atoms with Gasteiger partial charge in [-0.1, -0.05) is 56.2 Å². The number of nitrogens with one attached hydrogen (secondary N) is 1. The lowest BCUT2D eigenvalue weighted by Crippen LogP contribution is -2.38. The molecule has 2 aromatic rings. The first-order valence-electron chi connectivity index (χ1n) is 12.9. The smallest absolute Gasteiger partial charge is 0.306 e. The van der Waals surface area contributed by atoms with Crippen LogP contribution in [-0.4, -0.2) is 77.9 Å². The number of hydrogen-bond donors (Lipinski definition) is 2. The van der Waals surface area contributed by atoms with Crippen molar-refractivity contribution in [2.45, 2.75) is 83.6 Å². The van der Waals surface area contributed by atoms with E-state index in [-0.39, 0.29) is 42.1 Å². The number of carboxylic acid groups (broad SMARTS) is 1. The number of carbonyl (C=O) groups excluding carboxylic acids is 2. The molecule has 0 aromatic carbocycles. The number of aromatic nitrogens is 4. The largest absolute Gasteiger partial charge is 0.481 e. The Morgan fingerprint density at radius 1 is 1.24 bits per heavy atom. The van der Waals surface area contributed by atoms with E-state index in [1.165, 1.54) is 12.7 Å². The van der Waals surface area contributed by atoms with Gasteiger partial charge in [0.2, 0.25) is 5.91 Å². The molecule has 0 aliphatic carbocycles. The summed E-state index contributed by atoms with van der Waals surface area (Å²) >= 11 is 0. The zero-order valence-corrected chi connectivity index (χ0v) is 23.7. The van der Waals surface area contributed by atoms with Crippen LogP contribution in [0.5, 0.6) is 0 Å². The van der Waals surface area contributed by atoms with Gasteiger partial charge in [-0.3, -0.25) is 19.0 Å². The molecule has 210 valence electrons. The van der Waals surface area contributed by atoms with E-state index in [1.807, 2.05) is 0 Å². The van der Waals surface area contributed by atoms with Crippen LogP contribution in [0.25, 0.3) is 11.2 Å². The minimum atomic E-state index is -1.12. The molecule has 12 nitrogen and oxygen atoms in total. The van der Waals surface area contributed by atoms with E-state index in [0.717, 1.165) is 0 Å². The molecule has 1 aliphatic rings. The molecule has 2 aromatic heterocycles. The topological polar surface area (TPSA) is 155 Å². The van der Waals surface area contributed by atoms with Gasteiger partial charge < -0.3 is 24.6 Å². The Bertz CT molecular complexity index is 1160. The van der Waals surface area contributed by atoms with E-state index >= 15 is 0 Å². The first-order valence-corrected chi connectivity index (χ1v) is 14.5. The fourth-order valence-electron chi connectivity index (χ4n) is 3.50. The van der Waals surface area contributed by atoms with Gasteiger partial charge in [0.15, 0.2) is 29.3 Å². The second kappa shape index (κ2) is 13.1. The Balaban J connectivity index is 1.87. The highest BCUT2D eigenvalue weighted by atomic mass is 33.1. The van der Waals surface area contributed by atoms with E-state index < -0.39 is 36.5 Å². The molecule has 2 N–H and O–H groups in total. The number of aliphatic carboxylic acids is 1. The summed E-state index contributed by atoms with van der Waals surface area (Å²) in [5.74, 6) is -1.43. The second-order valence-corrected chi connectivity index (χ2v) is 13.2.